The van der Waals surface area contributed by atoms with Gasteiger partial charge >= 0.3 is 6.18 Å². The van der Waals surface area contributed by atoms with Crippen LogP contribution in [0.4, 0.5) is 13.2 Å². The van der Waals surface area contributed by atoms with E-state index in [1.807, 2.05) is 0 Å². The van der Waals surface area contributed by atoms with Gasteiger partial charge in [0, 0.05) is 19.0 Å². The summed E-state index contributed by atoms with van der Waals surface area (Å²) in [6.45, 7) is 0.574. The topological polar surface area (TPSA) is 52.8 Å². The maximum Gasteiger partial charge on any atom is 0.420 e. The summed E-state index contributed by atoms with van der Waals surface area (Å²) in [7, 11) is 0. The van der Waals surface area contributed by atoms with Gasteiger partial charge in [-0.2, -0.15) is 18.3 Å². The van der Waals surface area contributed by atoms with Crippen molar-refractivity contribution in [3.8, 4) is 11.4 Å². The minimum Gasteiger partial charge on any atom is -0.357 e. The van der Waals surface area contributed by atoms with Gasteiger partial charge in [-0.3, -0.25) is 0 Å². The number of ether oxygens (including phenoxy) is 1. The molecule has 10 heteroatoms. The SMILES string of the molecule is FC(F)(F)c1cnc(Cl)nc1-c1nn(C2CCCCO2)cc1Cl. The van der Waals surface area contributed by atoms with Crippen LogP contribution in [0, 0.1) is 0 Å². The smallest absolute Gasteiger partial charge is 0.357 e. The first kappa shape index (κ1) is 16.5. The molecule has 3 rings (SSSR count). The number of nitrogens with zero attached hydrogens (tertiary/aromatic N) is 4. The maximum atomic E-state index is 13.1. The van der Waals surface area contributed by atoms with Gasteiger partial charge in [-0.1, -0.05) is 11.6 Å². The molecule has 1 fully saturated rings. The van der Waals surface area contributed by atoms with E-state index in [2.05, 4.69) is 15.1 Å². The Morgan fingerprint density at radius 3 is 2.65 bits per heavy atom. The van der Waals surface area contributed by atoms with Crippen LogP contribution < -0.4 is 0 Å². The quantitative estimate of drug-likeness (QED) is 0.740. The number of alkyl halides is 3. The average Bonchev–Trinajstić information content (AvgIpc) is 2.89. The zero-order valence-corrected chi connectivity index (χ0v) is 13.2. The molecule has 0 spiro atoms. The average molecular weight is 367 g/mol. The second-order valence-corrected chi connectivity index (χ2v) is 5.77. The zero-order valence-electron chi connectivity index (χ0n) is 11.6. The van der Waals surface area contributed by atoms with Crippen LogP contribution >= 0.6 is 23.2 Å². The largest absolute Gasteiger partial charge is 0.420 e. The van der Waals surface area contributed by atoms with Crippen molar-refractivity contribution in [1.29, 1.82) is 0 Å². The molecule has 0 N–H and O–H groups in total. The van der Waals surface area contributed by atoms with Crippen LogP contribution in [-0.2, 0) is 10.9 Å². The van der Waals surface area contributed by atoms with Crippen LogP contribution in [0.1, 0.15) is 31.1 Å². The Kier molecular flexibility index (Phi) is 4.48. The van der Waals surface area contributed by atoms with Crippen molar-refractivity contribution in [2.24, 2.45) is 0 Å². The first-order valence-corrected chi connectivity index (χ1v) is 7.58. The molecule has 0 aliphatic carbocycles. The lowest BCUT2D eigenvalue weighted by Gasteiger charge is -2.22. The van der Waals surface area contributed by atoms with E-state index >= 15 is 0 Å². The summed E-state index contributed by atoms with van der Waals surface area (Å²) in [4.78, 5) is 7.05. The first-order chi connectivity index (χ1) is 10.9. The molecule has 1 unspecified atom stereocenters. The number of halogens is 5. The van der Waals surface area contributed by atoms with Gasteiger partial charge in [-0.05, 0) is 30.9 Å². The van der Waals surface area contributed by atoms with Gasteiger partial charge in [0.05, 0.1) is 5.02 Å². The first-order valence-electron chi connectivity index (χ1n) is 6.82. The Morgan fingerprint density at radius 2 is 2.00 bits per heavy atom. The molecule has 5 nitrogen and oxygen atoms in total. The molecule has 0 aromatic carbocycles. The summed E-state index contributed by atoms with van der Waals surface area (Å²) < 4.78 is 46.4. The highest BCUT2D eigenvalue weighted by molar-refractivity contribution is 6.33. The van der Waals surface area contributed by atoms with Gasteiger partial charge in [0.25, 0.3) is 0 Å². The molecular weight excluding hydrogens is 356 g/mol. The lowest BCUT2D eigenvalue weighted by atomic mass is 10.2. The van der Waals surface area contributed by atoms with Crippen molar-refractivity contribution in [3.63, 3.8) is 0 Å². The Hall–Kier alpha value is -1.38. The highest BCUT2D eigenvalue weighted by Gasteiger charge is 2.37. The molecule has 0 amide bonds. The second kappa shape index (κ2) is 6.26. The summed E-state index contributed by atoms with van der Waals surface area (Å²) in [5, 5.41) is 3.86. The van der Waals surface area contributed by atoms with Gasteiger partial charge in [-0.25, -0.2) is 14.6 Å². The highest BCUT2D eigenvalue weighted by Crippen LogP contribution is 2.38. The molecule has 124 valence electrons. The fourth-order valence-corrected chi connectivity index (χ4v) is 2.72. The Labute approximate surface area is 139 Å². The molecular formula is C13H11Cl2F3N4O. The molecule has 1 saturated heterocycles. The maximum absolute atomic E-state index is 13.1. The van der Waals surface area contributed by atoms with Crippen molar-refractivity contribution >= 4 is 23.2 Å². The molecule has 2 aromatic heterocycles. The lowest BCUT2D eigenvalue weighted by Crippen LogP contribution is -2.18. The third-order valence-corrected chi connectivity index (χ3v) is 3.89. The summed E-state index contributed by atoms with van der Waals surface area (Å²) in [6.07, 6.45) is -0.326. The monoisotopic (exact) mass is 366 g/mol. The molecule has 0 saturated carbocycles. The minimum absolute atomic E-state index is 0.0411. The molecule has 1 aliphatic heterocycles. The fraction of sp³-hybridized carbons (Fsp3) is 0.462. The van der Waals surface area contributed by atoms with E-state index in [1.165, 1.54) is 10.9 Å². The minimum atomic E-state index is -4.64. The number of hydrogen-bond donors (Lipinski definition) is 0. The summed E-state index contributed by atoms with van der Waals surface area (Å²) in [5.74, 6) is 0. The predicted molar refractivity (Wildman–Crippen MR) is 77.1 cm³/mol. The summed E-state index contributed by atoms with van der Waals surface area (Å²) >= 11 is 11.7. The van der Waals surface area contributed by atoms with E-state index in [-0.39, 0.29) is 22.2 Å². The Bertz CT molecular complexity index is 714. The number of hydrogen-bond acceptors (Lipinski definition) is 4. The van der Waals surface area contributed by atoms with Crippen molar-refractivity contribution in [2.75, 3.05) is 6.61 Å². The molecule has 2 aromatic rings. The molecule has 0 radical (unpaired) electrons. The summed E-state index contributed by atoms with van der Waals surface area (Å²) in [5.41, 5.74) is -1.59. The van der Waals surface area contributed by atoms with E-state index < -0.39 is 17.4 Å². The van der Waals surface area contributed by atoms with Gasteiger partial charge < -0.3 is 4.74 Å². The van der Waals surface area contributed by atoms with E-state index in [1.54, 1.807) is 0 Å². The standard InChI is InChI=1S/C13H11Cl2F3N4O/c14-8-6-22(9-3-1-2-4-23-9)21-11(8)10-7(13(16,17)18)5-19-12(15)20-10/h5-6,9H,1-4H2. The Morgan fingerprint density at radius 1 is 1.22 bits per heavy atom. The molecule has 3 heterocycles. The van der Waals surface area contributed by atoms with Gasteiger partial charge in [-0.15, -0.1) is 0 Å². The Balaban J connectivity index is 2.05. The summed E-state index contributed by atoms with van der Waals surface area (Å²) in [6, 6.07) is 0. The normalized spacial score (nSPS) is 19.1. The predicted octanol–water partition coefficient (Wildman–Crippen LogP) is 4.36. The van der Waals surface area contributed by atoms with Crippen LogP contribution in [0.15, 0.2) is 12.4 Å². The third-order valence-electron chi connectivity index (χ3n) is 3.43. The van der Waals surface area contributed by atoms with E-state index in [9.17, 15) is 13.2 Å². The number of rotatable bonds is 2. The second-order valence-electron chi connectivity index (χ2n) is 5.03. The van der Waals surface area contributed by atoms with Crippen LogP contribution in [0.3, 0.4) is 0 Å². The van der Waals surface area contributed by atoms with Crippen molar-refractivity contribution < 1.29 is 17.9 Å². The van der Waals surface area contributed by atoms with Gasteiger partial charge in [0.15, 0.2) is 0 Å². The van der Waals surface area contributed by atoms with Crippen LogP contribution in [-0.4, -0.2) is 26.4 Å². The van der Waals surface area contributed by atoms with Crippen LogP contribution in [0.2, 0.25) is 10.3 Å². The third kappa shape index (κ3) is 3.44. The van der Waals surface area contributed by atoms with E-state index in [0.717, 1.165) is 12.8 Å². The number of aromatic nitrogens is 4. The fourth-order valence-electron chi connectivity index (χ4n) is 2.36. The zero-order chi connectivity index (χ0) is 16.6. The van der Waals surface area contributed by atoms with Crippen LogP contribution in [0.25, 0.3) is 11.4 Å². The van der Waals surface area contributed by atoms with E-state index in [4.69, 9.17) is 27.9 Å². The van der Waals surface area contributed by atoms with Crippen molar-refractivity contribution in [2.45, 2.75) is 31.7 Å². The van der Waals surface area contributed by atoms with E-state index in [0.29, 0.717) is 19.2 Å². The van der Waals surface area contributed by atoms with Gasteiger partial charge in [0.2, 0.25) is 5.28 Å². The molecule has 1 aliphatic rings. The van der Waals surface area contributed by atoms with Crippen molar-refractivity contribution in [3.05, 3.63) is 28.3 Å². The van der Waals surface area contributed by atoms with Gasteiger partial charge in [0.1, 0.15) is 23.2 Å². The van der Waals surface area contributed by atoms with Crippen molar-refractivity contribution in [1.82, 2.24) is 19.7 Å². The van der Waals surface area contributed by atoms with Crippen LogP contribution in [0.5, 0.6) is 0 Å². The molecule has 23 heavy (non-hydrogen) atoms. The highest BCUT2D eigenvalue weighted by atomic mass is 35.5. The lowest BCUT2D eigenvalue weighted by molar-refractivity contribution is -0.137. The molecule has 0 bridgehead atoms. The molecule has 1 atom stereocenters.